The molecule has 1 N–H and O–H groups in total. The Bertz CT molecular complexity index is 258. The van der Waals surface area contributed by atoms with Crippen LogP contribution in [0, 0.1) is 11.8 Å². The molecule has 0 amide bonds. The molecule has 0 bridgehead atoms. The van der Waals surface area contributed by atoms with Crippen molar-refractivity contribution < 1.29 is 5.11 Å². The average molecular weight is 163 g/mol. The molecule has 0 heterocycles. The molecule has 0 aliphatic rings. The quantitative estimate of drug-likeness (QED) is 0.674. The number of benzene rings is 1. The monoisotopic (exact) mass is 163 g/mol. The molecule has 0 unspecified atom stereocenters. The van der Waals surface area contributed by atoms with Gasteiger partial charge in [-0.2, -0.15) is 0 Å². The average Bonchev–Trinajstić information content (AvgIpc) is 1.91. The van der Waals surface area contributed by atoms with Crippen LogP contribution in [0.25, 0.3) is 0 Å². The van der Waals surface area contributed by atoms with Crippen molar-refractivity contribution in [3.63, 3.8) is 0 Å². The van der Waals surface area contributed by atoms with Gasteiger partial charge in [-0.1, -0.05) is 39.0 Å². The highest BCUT2D eigenvalue weighted by Gasteiger charge is 2.13. The van der Waals surface area contributed by atoms with Gasteiger partial charge in [-0.3, -0.25) is 0 Å². The van der Waals surface area contributed by atoms with Crippen molar-refractivity contribution >= 4 is 0 Å². The Labute approximate surface area is 74.1 Å². The van der Waals surface area contributed by atoms with Crippen molar-refractivity contribution in [3.8, 4) is 5.75 Å². The Kier molecular flexibility index (Phi) is 2.41. The Morgan fingerprint density at radius 1 is 1.17 bits per heavy atom. The normalized spacial score (nSPS) is 11.6. The lowest BCUT2D eigenvalue weighted by Gasteiger charge is -2.17. The minimum atomic E-state index is 0.110. The van der Waals surface area contributed by atoms with Crippen LogP contribution >= 0.6 is 0 Å². The standard InChI is InChI=1S/C11H15O/c1-11(2,3)8-9-6-4-5-7-10(9)12/h4-8,12H,1-3H3. The molecule has 1 aromatic carbocycles. The van der Waals surface area contributed by atoms with Gasteiger partial charge in [0.1, 0.15) is 5.75 Å². The largest absolute Gasteiger partial charge is 0.508 e. The maximum absolute atomic E-state index is 9.44. The van der Waals surface area contributed by atoms with Crippen LogP contribution < -0.4 is 0 Å². The Hall–Kier alpha value is -0.980. The molecule has 0 aliphatic heterocycles. The van der Waals surface area contributed by atoms with Crippen LogP contribution in [0.2, 0.25) is 0 Å². The molecule has 1 radical (unpaired) electrons. The van der Waals surface area contributed by atoms with Crippen molar-refractivity contribution in [2.24, 2.45) is 5.41 Å². The van der Waals surface area contributed by atoms with E-state index < -0.39 is 0 Å². The molecule has 0 spiro atoms. The van der Waals surface area contributed by atoms with Gasteiger partial charge in [-0.15, -0.1) is 0 Å². The number of phenolic OH excluding ortho intramolecular Hbond substituents is 1. The molecule has 0 fully saturated rings. The van der Waals surface area contributed by atoms with E-state index in [0.717, 1.165) is 5.56 Å². The van der Waals surface area contributed by atoms with E-state index >= 15 is 0 Å². The van der Waals surface area contributed by atoms with Crippen LogP contribution in [-0.4, -0.2) is 5.11 Å². The van der Waals surface area contributed by atoms with Crippen molar-refractivity contribution in [1.29, 1.82) is 0 Å². The van der Waals surface area contributed by atoms with E-state index in [9.17, 15) is 5.11 Å². The fourth-order valence-electron chi connectivity index (χ4n) is 1.08. The first-order chi connectivity index (χ1) is 5.49. The van der Waals surface area contributed by atoms with E-state index in [1.807, 2.05) is 18.2 Å². The first kappa shape index (κ1) is 9.11. The fourth-order valence-corrected chi connectivity index (χ4v) is 1.08. The van der Waals surface area contributed by atoms with Gasteiger partial charge < -0.3 is 5.11 Å². The third-order valence-electron chi connectivity index (χ3n) is 1.53. The van der Waals surface area contributed by atoms with Gasteiger partial charge in [0, 0.05) is 0 Å². The summed E-state index contributed by atoms with van der Waals surface area (Å²) in [5, 5.41) is 9.44. The highest BCUT2D eigenvalue weighted by molar-refractivity contribution is 5.38. The summed E-state index contributed by atoms with van der Waals surface area (Å²) in [6, 6.07) is 7.38. The summed E-state index contributed by atoms with van der Waals surface area (Å²) in [5.41, 5.74) is 1.02. The maximum Gasteiger partial charge on any atom is 0.119 e. The van der Waals surface area contributed by atoms with Crippen molar-refractivity contribution in [1.82, 2.24) is 0 Å². The van der Waals surface area contributed by atoms with Gasteiger partial charge in [0.05, 0.1) is 0 Å². The lowest BCUT2D eigenvalue weighted by Crippen LogP contribution is -2.06. The molecule has 1 rings (SSSR count). The van der Waals surface area contributed by atoms with E-state index in [4.69, 9.17) is 0 Å². The zero-order chi connectivity index (χ0) is 9.19. The van der Waals surface area contributed by atoms with E-state index in [1.54, 1.807) is 6.07 Å². The van der Waals surface area contributed by atoms with Crippen molar-refractivity contribution in [2.75, 3.05) is 0 Å². The summed E-state index contributed by atoms with van der Waals surface area (Å²) in [5.74, 6) is 0.354. The number of hydrogen-bond donors (Lipinski definition) is 1. The van der Waals surface area contributed by atoms with Gasteiger partial charge in [0.2, 0.25) is 0 Å². The van der Waals surface area contributed by atoms with Crippen LogP contribution in [0.3, 0.4) is 0 Å². The minimum absolute atomic E-state index is 0.110. The Morgan fingerprint density at radius 3 is 2.25 bits per heavy atom. The minimum Gasteiger partial charge on any atom is -0.508 e. The van der Waals surface area contributed by atoms with Crippen LogP contribution in [0.4, 0.5) is 0 Å². The smallest absolute Gasteiger partial charge is 0.119 e. The lowest BCUT2D eigenvalue weighted by molar-refractivity contribution is 0.456. The first-order valence-corrected chi connectivity index (χ1v) is 4.13. The van der Waals surface area contributed by atoms with Gasteiger partial charge >= 0.3 is 0 Å². The predicted molar refractivity (Wildman–Crippen MR) is 51.0 cm³/mol. The molecule has 0 aliphatic carbocycles. The number of rotatable bonds is 1. The van der Waals surface area contributed by atoms with Crippen LogP contribution in [-0.2, 0) is 0 Å². The van der Waals surface area contributed by atoms with E-state index in [2.05, 4.69) is 27.2 Å². The number of aromatic hydroxyl groups is 1. The molecular formula is C11H15O. The molecule has 0 saturated heterocycles. The first-order valence-electron chi connectivity index (χ1n) is 4.13. The van der Waals surface area contributed by atoms with Crippen LogP contribution in [0.5, 0.6) is 5.75 Å². The summed E-state index contributed by atoms with van der Waals surface area (Å²) in [6.45, 7) is 6.33. The van der Waals surface area contributed by atoms with Gasteiger partial charge in [0.25, 0.3) is 0 Å². The van der Waals surface area contributed by atoms with Crippen molar-refractivity contribution in [2.45, 2.75) is 20.8 Å². The third kappa shape index (κ3) is 2.57. The molecule has 0 aromatic heterocycles. The Balaban J connectivity index is 2.83. The highest BCUT2D eigenvalue weighted by Crippen LogP contribution is 2.27. The van der Waals surface area contributed by atoms with Gasteiger partial charge in [0.15, 0.2) is 0 Å². The zero-order valence-corrected chi connectivity index (χ0v) is 7.83. The summed E-state index contributed by atoms with van der Waals surface area (Å²) in [4.78, 5) is 0. The molecule has 0 atom stereocenters. The third-order valence-corrected chi connectivity index (χ3v) is 1.53. The number of hydrogen-bond acceptors (Lipinski definition) is 1. The number of phenols is 1. The number of para-hydroxylation sites is 1. The fraction of sp³-hybridized carbons (Fsp3) is 0.364. The lowest BCUT2D eigenvalue weighted by atomic mass is 9.88. The second-order valence-electron chi connectivity index (χ2n) is 4.07. The maximum atomic E-state index is 9.44. The summed E-state index contributed by atoms with van der Waals surface area (Å²) >= 11 is 0. The van der Waals surface area contributed by atoms with Gasteiger partial charge in [-0.25, -0.2) is 0 Å². The summed E-state index contributed by atoms with van der Waals surface area (Å²) in [7, 11) is 0. The van der Waals surface area contributed by atoms with E-state index in [1.165, 1.54) is 0 Å². The molecule has 1 aromatic rings. The highest BCUT2D eigenvalue weighted by atomic mass is 16.3. The van der Waals surface area contributed by atoms with Crippen LogP contribution in [0.1, 0.15) is 26.3 Å². The second-order valence-corrected chi connectivity index (χ2v) is 4.07. The molecule has 12 heavy (non-hydrogen) atoms. The van der Waals surface area contributed by atoms with E-state index in [-0.39, 0.29) is 5.41 Å². The molecule has 0 saturated carbocycles. The zero-order valence-electron chi connectivity index (χ0n) is 7.83. The molecule has 1 nitrogen and oxygen atoms in total. The molecule has 1 heteroatoms. The summed E-state index contributed by atoms with van der Waals surface area (Å²) < 4.78 is 0. The topological polar surface area (TPSA) is 20.2 Å². The molecular weight excluding hydrogens is 148 g/mol. The SMILES string of the molecule is CC(C)(C)[CH]c1ccccc1O. The van der Waals surface area contributed by atoms with Crippen molar-refractivity contribution in [3.05, 3.63) is 36.2 Å². The van der Waals surface area contributed by atoms with E-state index in [0.29, 0.717) is 5.75 Å². The summed E-state index contributed by atoms with van der Waals surface area (Å²) in [6.07, 6.45) is 2.06. The molecule has 65 valence electrons. The van der Waals surface area contributed by atoms with Crippen LogP contribution in [0.15, 0.2) is 24.3 Å². The second kappa shape index (κ2) is 3.18. The van der Waals surface area contributed by atoms with Gasteiger partial charge in [-0.05, 0) is 23.5 Å². The predicted octanol–water partition coefficient (Wildman–Crippen LogP) is 2.99. The Morgan fingerprint density at radius 2 is 1.75 bits per heavy atom.